The average Bonchev–Trinajstić information content (AvgIpc) is 2.33. The molecule has 1 aromatic carbocycles. The molecule has 2 N–H and O–H groups in total. The minimum Gasteiger partial charge on any atom is -0.394 e. The molecule has 100 valence electrons. The smallest absolute Gasteiger partial charge is 0.295 e. The first kappa shape index (κ1) is 14.4. The first-order chi connectivity index (χ1) is 8.60. The summed E-state index contributed by atoms with van der Waals surface area (Å²) >= 11 is 0. The third kappa shape index (κ3) is 3.68. The van der Waals surface area contributed by atoms with Gasteiger partial charge in [0.2, 0.25) is 0 Å². The van der Waals surface area contributed by atoms with Crippen LogP contribution in [0.15, 0.2) is 18.2 Å². The number of nitro groups is 1. The number of methoxy groups -OCH3 is 1. The maximum atomic E-state index is 11.0. The van der Waals surface area contributed by atoms with E-state index in [2.05, 4.69) is 5.32 Å². The molecule has 0 saturated carbocycles. The van der Waals surface area contributed by atoms with E-state index in [1.165, 1.54) is 0 Å². The highest BCUT2D eigenvalue weighted by Gasteiger charge is 2.19. The van der Waals surface area contributed by atoms with Gasteiger partial charge in [0.05, 0.1) is 17.6 Å². The number of aryl methyl sites for hydroxylation is 1. The van der Waals surface area contributed by atoms with Crippen LogP contribution in [0.25, 0.3) is 0 Å². The molecule has 18 heavy (non-hydrogen) atoms. The number of nitro benzene ring substituents is 1. The van der Waals surface area contributed by atoms with Crippen molar-refractivity contribution in [1.29, 1.82) is 0 Å². The third-order valence-corrected chi connectivity index (χ3v) is 2.67. The van der Waals surface area contributed by atoms with E-state index >= 15 is 0 Å². The van der Waals surface area contributed by atoms with Crippen molar-refractivity contribution in [3.05, 3.63) is 33.9 Å². The second-order valence-corrected chi connectivity index (χ2v) is 4.03. The number of aliphatic hydroxyl groups excluding tert-OH is 1. The van der Waals surface area contributed by atoms with Crippen molar-refractivity contribution in [2.24, 2.45) is 0 Å². The maximum Gasteiger partial charge on any atom is 0.295 e. The van der Waals surface area contributed by atoms with Gasteiger partial charge < -0.3 is 15.2 Å². The first-order valence-corrected chi connectivity index (χ1v) is 5.70. The molecule has 0 aromatic heterocycles. The molecule has 0 radical (unpaired) electrons. The summed E-state index contributed by atoms with van der Waals surface area (Å²) in [5.74, 6) is 0. The van der Waals surface area contributed by atoms with Gasteiger partial charge in [0, 0.05) is 19.3 Å². The predicted octanol–water partition coefficient (Wildman–Crippen LogP) is 1.71. The Balaban J connectivity index is 2.88. The van der Waals surface area contributed by atoms with Crippen LogP contribution in [0.1, 0.15) is 12.0 Å². The lowest BCUT2D eigenvalue weighted by atomic mass is 10.1. The zero-order valence-electron chi connectivity index (χ0n) is 10.5. The highest BCUT2D eigenvalue weighted by molar-refractivity contribution is 5.65. The van der Waals surface area contributed by atoms with Gasteiger partial charge in [-0.1, -0.05) is 12.1 Å². The average molecular weight is 254 g/mol. The van der Waals surface area contributed by atoms with Crippen LogP contribution < -0.4 is 5.32 Å². The van der Waals surface area contributed by atoms with Crippen LogP contribution in [0.3, 0.4) is 0 Å². The van der Waals surface area contributed by atoms with Gasteiger partial charge in [-0.3, -0.25) is 10.1 Å². The Morgan fingerprint density at radius 3 is 2.83 bits per heavy atom. The topological polar surface area (TPSA) is 84.6 Å². The molecule has 0 heterocycles. The summed E-state index contributed by atoms with van der Waals surface area (Å²) < 4.78 is 4.93. The molecule has 0 aliphatic heterocycles. The summed E-state index contributed by atoms with van der Waals surface area (Å²) in [6.45, 7) is 2.07. The molecule has 0 bridgehead atoms. The summed E-state index contributed by atoms with van der Waals surface area (Å²) in [6.07, 6.45) is 0.581. The van der Waals surface area contributed by atoms with E-state index in [9.17, 15) is 15.2 Å². The lowest BCUT2D eigenvalue weighted by Crippen LogP contribution is -2.25. The summed E-state index contributed by atoms with van der Waals surface area (Å²) in [4.78, 5) is 10.6. The van der Waals surface area contributed by atoms with Crippen LogP contribution in [-0.2, 0) is 4.74 Å². The van der Waals surface area contributed by atoms with Crippen molar-refractivity contribution in [1.82, 2.24) is 0 Å². The highest BCUT2D eigenvalue weighted by atomic mass is 16.6. The van der Waals surface area contributed by atoms with Gasteiger partial charge in [0.25, 0.3) is 5.69 Å². The number of nitrogens with one attached hydrogen (secondary N) is 1. The molecule has 0 aliphatic carbocycles. The van der Waals surface area contributed by atoms with E-state index in [0.717, 1.165) is 0 Å². The second-order valence-electron chi connectivity index (χ2n) is 4.03. The van der Waals surface area contributed by atoms with Gasteiger partial charge in [0.1, 0.15) is 5.69 Å². The number of para-hydroxylation sites is 1. The number of hydrogen-bond acceptors (Lipinski definition) is 5. The Kier molecular flexibility index (Phi) is 5.54. The highest BCUT2D eigenvalue weighted by Crippen LogP contribution is 2.28. The van der Waals surface area contributed by atoms with Crippen LogP contribution in [-0.4, -0.2) is 36.4 Å². The number of rotatable bonds is 7. The quantitative estimate of drug-likeness (QED) is 0.571. The molecule has 6 heteroatoms. The molecular formula is C12H18N2O4. The fourth-order valence-corrected chi connectivity index (χ4v) is 1.71. The van der Waals surface area contributed by atoms with E-state index in [1.807, 2.05) is 0 Å². The minimum absolute atomic E-state index is 0.0494. The van der Waals surface area contributed by atoms with Crippen molar-refractivity contribution >= 4 is 11.4 Å². The molecular weight excluding hydrogens is 236 g/mol. The zero-order chi connectivity index (χ0) is 13.5. The molecule has 1 rings (SSSR count). The largest absolute Gasteiger partial charge is 0.394 e. The fraction of sp³-hybridized carbons (Fsp3) is 0.500. The number of aliphatic hydroxyl groups is 1. The van der Waals surface area contributed by atoms with E-state index in [0.29, 0.717) is 24.3 Å². The van der Waals surface area contributed by atoms with Gasteiger partial charge in [-0.2, -0.15) is 0 Å². The molecule has 0 spiro atoms. The lowest BCUT2D eigenvalue weighted by Gasteiger charge is -2.17. The van der Waals surface area contributed by atoms with Crippen LogP contribution >= 0.6 is 0 Å². The normalized spacial score (nSPS) is 12.2. The first-order valence-electron chi connectivity index (χ1n) is 5.70. The summed E-state index contributed by atoms with van der Waals surface area (Å²) in [7, 11) is 1.57. The molecule has 1 unspecified atom stereocenters. The van der Waals surface area contributed by atoms with Crippen molar-refractivity contribution in [3.63, 3.8) is 0 Å². The molecule has 1 atom stereocenters. The van der Waals surface area contributed by atoms with Crippen molar-refractivity contribution in [2.75, 3.05) is 25.6 Å². The van der Waals surface area contributed by atoms with Gasteiger partial charge >= 0.3 is 0 Å². The number of hydrogen-bond donors (Lipinski definition) is 2. The van der Waals surface area contributed by atoms with Crippen molar-refractivity contribution in [2.45, 2.75) is 19.4 Å². The van der Waals surface area contributed by atoms with Crippen molar-refractivity contribution < 1.29 is 14.8 Å². The standard InChI is InChI=1S/C12H18N2O4/c1-9-4-3-5-11(12(9)14(16)17)13-10(8-15)6-7-18-2/h3-5,10,13,15H,6-8H2,1-2H3. The lowest BCUT2D eigenvalue weighted by molar-refractivity contribution is -0.384. The fourth-order valence-electron chi connectivity index (χ4n) is 1.71. The van der Waals surface area contributed by atoms with E-state index in [4.69, 9.17) is 4.74 Å². The monoisotopic (exact) mass is 254 g/mol. The summed E-state index contributed by atoms with van der Waals surface area (Å²) in [5.41, 5.74) is 1.07. The third-order valence-electron chi connectivity index (χ3n) is 2.67. The van der Waals surface area contributed by atoms with E-state index in [1.54, 1.807) is 32.2 Å². The van der Waals surface area contributed by atoms with Gasteiger partial charge in [-0.25, -0.2) is 0 Å². The number of anilines is 1. The summed E-state index contributed by atoms with van der Waals surface area (Å²) in [5, 5.41) is 23.2. The van der Waals surface area contributed by atoms with Crippen LogP contribution in [0.2, 0.25) is 0 Å². The molecule has 0 amide bonds. The zero-order valence-corrected chi connectivity index (χ0v) is 10.5. The van der Waals surface area contributed by atoms with E-state index < -0.39 is 4.92 Å². The molecule has 0 aliphatic rings. The Bertz CT molecular complexity index is 409. The minimum atomic E-state index is -0.414. The van der Waals surface area contributed by atoms with Crippen molar-refractivity contribution in [3.8, 4) is 0 Å². The molecule has 0 fully saturated rings. The van der Waals surface area contributed by atoms with Gasteiger partial charge in [-0.15, -0.1) is 0 Å². The molecule has 0 saturated heterocycles. The van der Waals surface area contributed by atoms with Crippen LogP contribution in [0, 0.1) is 17.0 Å². The summed E-state index contributed by atoms with van der Waals surface area (Å²) in [6, 6.07) is 4.81. The Labute approximate surface area is 106 Å². The van der Waals surface area contributed by atoms with Crippen LogP contribution in [0.5, 0.6) is 0 Å². The SMILES string of the molecule is COCCC(CO)Nc1cccc(C)c1[N+](=O)[O-]. The molecule has 1 aromatic rings. The van der Waals surface area contributed by atoms with Gasteiger partial charge in [0.15, 0.2) is 0 Å². The Morgan fingerprint density at radius 2 is 2.28 bits per heavy atom. The predicted molar refractivity (Wildman–Crippen MR) is 68.8 cm³/mol. The Hall–Kier alpha value is -1.66. The van der Waals surface area contributed by atoms with E-state index in [-0.39, 0.29) is 18.3 Å². The molecule has 6 nitrogen and oxygen atoms in total. The number of ether oxygens (including phenoxy) is 1. The second kappa shape index (κ2) is 6.93. The number of nitrogens with zero attached hydrogens (tertiary/aromatic N) is 1. The van der Waals surface area contributed by atoms with Crippen LogP contribution in [0.4, 0.5) is 11.4 Å². The maximum absolute atomic E-state index is 11.0. The van der Waals surface area contributed by atoms with Gasteiger partial charge in [-0.05, 0) is 19.4 Å². The number of benzene rings is 1. The Morgan fingerprint density at radius 1 is 1.56 bits per heavy atom.